The lowest BCUT2D eigenvalue weighted by atomic mass is 9.68. The molecule has 0 bridgehead atoms. The van der Waals surface area contributed by atoms with Crippen molar-refractivity contribution in [3.63, 3.8) is 0 Å². The van der Waals surface area contributed by atoms with Crippen LogP contribution in [0.2, 0.25) is 0 Å². The molecular formula is C20H29NO3. The Bertz CT molecular complexity index is 572. The highest BCUT2D eigenvalue weighted by Crippen LogP contribution is 2.40. The first-order valence-corrected chi connectivity index (χ1v) is 9.20. The number of benzene rings is 1. The number of carbonyl (C=O) groups is 1. The van der Waals surface area contributed by atoms with E-state index in [0.29, 0.717) is 32.6 Å². The van der Waals surface area contributed by atoms with Gasteiger partial charge in [-0.25, -0.2) is 0 Å². The van der Waals surface area contributed by atoms with Crippen molar-refractivity contribution >= 4 is 5.91 Å². The Balaban J connectivity index is 1.76. The molecule has 0 atom stereocenters. The van der Waals surface area contributed by atoms with Crippen LogP contribution in [0.4, 0.5) is 0 Å². The Morgan fingerprint density at radius 3 is 2.46 bits per heavy atom. The fraction of sp³-hybridized carbons (Fsp3) is 0.650. The van der Waals surface area contributed by atoms with Gasteiger partial charge in [0.25, 0.3) is 5.91 Å². The fourth-order valence-corrected chi connectivity index (χ4v) is 4.29. The third-order valence-corrected chi connectivity index (χ3v) is 5.86. The summed E-state index contributed by atoms with van der Waals surface area (Å²) >= 11 is 0. The van der Waals surface area contributed by atoms with Gasteiger partial charge in [-0.3, -0.25) is 4.79 Å². The van der Waals surface area contributed by atoms with E-state index in [1.165, 1.54) is 30.4 Å². The molecule has 1 saturated carbocycles. The first-order chi connectivity index (χ1) is 11.6. The summed E-state index contributed by atoms with van der Waals surface area (Å²) in [7, 11) is 0. The molecule has 132 valence electrons. The van der Waals surface area contributed by atoms with Gasteiger partial charge in [0.05, 0.1) is 0 Å². The Kier molecular flexibility index (Phi) is 5.26. The summed E-state index contributed by atoms with van der Waals surface area (Å²) in [4.78, 5) is 12.6. The molecule has 1 heterocycles. The number of amides is 1. The van der Waals surface area contributed by atoms with E-state index in [2.05, 4.69) is 36.5 Å². The number of carbonyl (C=O) groups excluding carboxylic acids is 1. The zero-order valence-corrected chi connectivity index (χ0v) is 14.6. The number of nitrogens with one attached hydrogen (secondary N) is 1. The molecule has 2 aliphatic rings. The molecule has 1 aliphatic heterocycles. The van der Waals surface area contributed by atoms with Gasteiger partial charge in [-0.15, -0.1) is 0 Å². The van der Waals surface area contributed by atoms with E-state index >= 15 is 0 Å². The minimum Gasteiger partial charge on any atom is -0.381 e. The van der Waals surface area contributed by atoms with Crippen LogP contribution in [-0.4, -0.2) is 36.4 Å². The molecule has 4 heteroatoms. The number of ether oxygens (including phenoxy) is 1. The zero-order chi connectivity index (χ0) is 17.0. The summed E-state index contributed by atoms with van der Waals surface area (Å²) in [5.74, 6) is -0.232. The first-order valence-electron chi connectivity index (χ1n) is 9.20. The van der Waals surface area contributed by atoms with E-state index in [-0.39, 0.29) is 11.3 Å². The molecule has 1 amide bonds. The van der Waals surface area contributed by atoms with E-state index in [1.54, 1.807) is 0 Å². The second kappa shape index (κ2) is 7.24. The summed E-state index contributed by atoms with van der Waals surface area (Å²) in [6.07, 6.45) is 6.62. The number of hydrogen-bond donors (Lipinski definition) is 2. The Morgan fingerprint density at radius 2 is 1.79 bits per heavy atom. The van der Waals surface area contributed by atoms with E-state index in [4.69, 9.17) is 4.74 Å². The van der Waals surface area contributed by atoms with E-state index in [0.717, 1.165) is 12.8 Å². The number of rotatable bonds is 4. The van der Waals surface area contributed by atoms with Crippen LogP contribution in [0.25, 0.3) is 0 Å². The fourth-order valence-electron chi connectivity index (χ4n) is 4.29. The van der Waals surface area contributed by atoms with Gasteiger partial charge in [-0.1, -0.05) is 43.5 Å². The molecule has 0 unspecified atom stereocenters. The van der Waals surface area contributed by atoms with Crippen molar-refractivity contribution < 1.29 is 14.6 Å². The summed E-state index contributed by atoms with van der Waals surface area (Å²) < 4.78 is 5.27. The van der Waals surface area contributed by atoms with Crippen molar-refractivity contribution in [2.75, 3.05) is 19.8 Å². The van der Waals surface area contributed by atoms with Gasteiger partial charge in [0, 0.05) is 38.0 Å². The zero-order valence-electron chi connectivity index (χ0n) is 14.6. The first kappa shape index (κ1) is 17.4. The molecule has 0 spiro atoms. The lowest BCUT2D eigenvalue weighted by molar-refractivity contribution is -0.149. The molecule has 2 N–H and O–H groups in total. The Hall–Kier alpha value is -1.39. The quantitative estimate of drug-likeness (QED) is 0.892. The summed E-state index contributed by atoms with van der Waals surface area (Å²) in [6, 6.07) is 8.51. The monoisotopic (exact) mass is 331 g/mol. The minimum absolute atomic E-state index is 0.000774. The highest BCUT2D eigenvalue weighted by Gasteiger charge is 2.40. The third-order valence-electron chi connectivity index (χ3n) is 5.86. The van der Waals surface area contributed by atoms with Gasteiger partial charge in [0.1, 0.15) is 5.60 Å². The van der Waals surface area contributed by atoms with Crippen LogP contribution < -0.4 is 5.32 Å². The predicted octanol–water partition coefficient (Wildman–Crippen LogP) is 2.85. The number of aliphatic hydroxyl groups is 1. The lowest BCUT2D eigenvalue weighted by Gasteiger charge is -2.40. The van der Waals surface area contributed by atoms with Crippen LogP contribution in [0.5, 0.6) is 0 Å². The highest BCUT2D eigenvalue weighted by molar-refractivity contribution is 5.85. The molecule has 24 heavy (non-hydrogen) atoms. The van der Waals surface area contributed by atoms with Crippen molar-refractivity contribution in [1.82, 2.24) is 5.32 Å². The number of hydrogen-bond acceptors (Lipinski definition) is 3. The molecule has 1 saturated heterocycles. The number of aryl methyl sites for hydroxylation is 1. The average Bonchev–Trinajstić information content (AvgIpc) is 2.61. The maximum Gasteiger partial charge on any atom is 0.252 e. The molecule has 1 aromatic rings. The normalized spacial score (nSPS) is 22.8. The van der Waals surface area contributed by atoms with Crippen molar-refractivity contribution in [3.05, 3.63) is 35.4 Å². The molecule has 4 nitrogen and oxygen atoms in total. The van der Waals surface area contributed by atoms with Gasteiger partial charge >= 0.3 is 0 Å². The van der Waals surface area contributed by atoms with Crippen molar-refractivity contribution in [2.24, 2.45) is 0 Å². The Labute approximate surface area is 144 Å². The van der Waals surface area contributed by atoms with Crippen molar-refractivity contribution in [3.8, 4) is 0 Å². The van der Waals surface area contributed by atoms with Crippen LogP contribution in [0.1, 0.15) is 56.1 Å². The summed E-state index contributed by atoms with van der Waals surface area (Å²) in [6.45, 7) is 3.67. The molecular weight excluding hydrogens is 302 g/mol. The summed E-state index contributed by atoms with van der Waals surface area (Å²) in [5, 5.41) is 13.7. The van der Waals surface area contributed by atoms with Crippen LogP contribution in [0.3, 0.4) is 0 Å². The lowest BCUT2D eigenvalue weighted by Crippen LogP contribution is -2.53. The van der Waals surface area contributed by atoms with Crippen LogP contribution in [0.15, 0.2) is 24.3 Å². The Morgan fingerprint density at radius 1 is 1.12 bits per heavy atom. The van der Waals surface area contributed by atoms with E-state index < -0.39 is 5.60 Å². The minimum atomic E-state index is -1.26. The molecule has 2 fully saturated rings. The summed E-state index contributed by atoms with van der Waals surface area (Å²) in [5.41, 5.74) is 1.38. The van der Waals surface area contributed by atoms with Crippen molar-refractivity contribution in [1.29, 1.82) is 0 Å². The molecule has 3 rings (SSSR count). The van der Waals surface area contributed by atoms with Crippen molar-refractivity contribution in [2.45, 2.75) is 62.9 Å². The van der Waals surface area contributed by atoms with E-state index in [1.807, 2.05) is 0 Å². The van der Waals surface area contributed by atoms with Gasteiger partial charge < -0.3 is 15.2 Å². The second-order valence-electron chi connectivity index (χ2n) is 7.48. The van der Waals surface area contributed by atoms with E-state index in [9.17, 15) is 9.90 Å². The van der Waals surface area contributed by atoms with Gasteiger partial charge in [-0.2, -0.15) is 0 Å². The van der Waals surface area contributed by atoms with Gasteiger partial charge in [0.2, 0.25) is 0 Å². The SMILES string of the molecule is Cc1ccccc1C1(CNC(=O)C2(O)CCOCC2)CCCCC1. The van der Waals surface area contributed by atoms with Crippen LogP contribution >= 0.6 is 0 Å². The third kappa shape index (κ3) is 3.50. The molecule has 0 radical (unpaired) electrons. The van der Waals surface area contributed by atoms with Gasteiger partial charge in [-0.05, 0) is 30.9 Å². The van der Waals surface area contributed by atoms with Crippen LogP contribution in [-0.2, 0) is 14.9 Å². The predicted molar refractivity (Wildman–Crippen MR) is 94.0 cm³/mol. The highest BCUT2D eigenvalue weighted by atomic mass is 16.5. The average molecular weight is 331 g/mol. The standard InChI is InChI=1S/C20H29NO3/c1-16-7-3-4-8-17(16)19(9-5-2-6-10-19)15-21-18(22)20(23)11-13-24-14-12-20/h3-4,7-8,23H,2,5-6,9-15H2,1H3,(H,21,22). The second-order valence-corrected chi connectivity index (χ2v) is 7.48. The molecule has 1 aromatic carbocycles. The maximum absolute atomic E-state index is 12.6. The molecule has 1 aliphatic carbocycles. The van der Waals surface area contributed by atoms with Gasteiger partial charge in [0.15, 0.2) is 0 Å². The largest absolute Gasteiger partial charge is 0.381 e. The maximum atomic E-state index is 12.6. The topological polar surface area (TPSA) is 58.6 Å². The smallest absolute Gasteiger partial charge is 0.252 e. The molecule has 0 aromatic heterocycles. The van der Waals surface area contributed by atoms with Crippen LogP contribution in [0, 0.1) is 6.92 Å².